The maximum Gasteiger partial charge on any atom is 0.222 e. The average Bonchev–Trinajstić information content (AvgIpc) is 2.76. The molecule has 1 atom stereocenters. The van der Waals surface area contributed by atoms with Crippen LogP contribution >= 0.6 is 12.2 Å². The van der Waals surface area contributed by atoms with Gasteiger partial charge >= 0.3 is 0 Å². The van der Waals surface area contributed by atoms with Crippen LogP contribution in [0.1, 0.15) is 19.3 Å². The van der Waals surface area contributed by atoms with E-state index in [0.29, 0.717) is 24.1 Å². The number of amides is 1. The van der Waals surface area contributed by atoms with Gasteiger partial charge in [-0.25, -0.2) is 0 Å². The summed E-state index contributed by atoms with van der Waals surface area (Å²) in [6, 6.07) is 0.747. The SMILES string of the molecule is O=C1CC(NC(=S)NC2CC2)CN1. The smallest absolute Gasteiger partial charge is 0.222 e. The molecule has 5 heteroatoms. The van der Waals surface area contributed by atoms with Gasteiger partial charge in [-0.05, 0) is 25.1 Å². The molecule has 2 aliphatic rings. The number of nitrogens with one attached hydrogen (secondary N) is 3. The van der Waals surface area contributed by atoms with Gasteiger partial charge in [0.2, 0.25) is 5.91 Å². The zero-order valence-corrected chi connectivity index (χ0v) is 8.12. The molecule has 2 fully saturated rings. The van der Waals surface area contributed by atoms with E-state index in [9.17, 15) is 4.79 Å². The summed E-state index contributed by atoms with van der Waals surface area (Å²) in [6.45, 7) is 0.686. The Bertz CT molecular complexity index is 240. The Balaban J connectivity index is 1.70. The van der Waals surface area contributed by atoms with Gasteiger partial charge in [0, 0.05) is 19.0 Å². The van der Waals surface area contributed by atoms with Crippen LogP contribution in [0.2, 0.25) is 0 Å². The summed E-state index contributed by atoms with van der Waals surface area (Å²) in [6.07, 6.45) is 2.96. The first-order valence-electron chi connectivity index (χ1n) is 4.58. The fraction of sp³-hybridized carbons (Fsp3) is 0.750. The summed E-state index contributed by atoms with van der Waals surface area (Å²) in [5, 5.41) is 9.73. The van der Waals surface area contributed by atoms with Crippen molar-refractivity contribution in [3.8, 4) is 0 Å². The standard InChI is InChI=1S/C8H13N3OS/c12-7-3-6(4-9-7)11-8(13)10-5-1-2-5/h5-6H,1-4H2,(H,9,12)(H2,10,11,13). The molecule has 1 amide bonds. The molecule has 1 aliphatic carbocycles. The van der Waals surface area contributed by atoms with Gasteiger partial charge in [-0.15, -0.1) is 0 Å². The Labute approximate surface area is 82.5 Å². The average molecular weight is 199 g/mol. The minimum Gasteiger partial charge on any atom is -0.360 e. The van der Waals surface area contributed by atoms with E-state index in [1.54, 1.807) is 0 Å². The van der Waals surface area contributed by atoms with E-state index >= 15 is 0 Å². The highest BCUT2D eigenvalue weighted by atomic mass is 32.1. The third-order valence-electron chi connectivity index (χ3n) is 2.23. The molecule has 1 heterocycles. The summed E-state index contributed by atoms with van der Waals surface area (Å²) in [4.78, 5) is 10.9. The number of hydrogen-bond donors (Lipinski definition) is 3. The van der Waals surface area contributed by atoms with Crippen molar-refractivity contribution < 1.29 is 4.79 Å². The molecule has 2 rings (SSSR count). The van der Waals surface area contributed by atoms with Crippen molar-refractivity contribution in [1.29, 1.82) is 0 Å². The Kier molecular flexibility index (Phi) is 2.35. The minimum absolute atomic E-state index is 0.103. The lowest BCUT2D eigenvalue weighted by Gasteiger charge is -2.13. The lowest BCUT2D eigenvalue weighted by molar-refractivity contribution is -0.119. The molecule has 0 aromatic carbocycles. The van der Waals surface area contributed by atoms with Crippen molar-refractivity contribution in [3.63, 3.8) is 0 Å². The lowest BCUT2D eigenvalue weighted by Crippen LogP contribution is -2.43. The van der Waals surface area contributed by atoms with Crippen LogP contribution in [0.5, 0.6) is 0 Å². The number of rotatable bonds is 2. The summed E-state index contributed by atoms with van der Waals surface area (Å²) in [5.41, 5.74) is 0. The molecule has 1 unspecified atom stereocenters. The zero-order chi connectivity index (χ0) is 9.26. The molecule has 0 spiro atoms. The highest BCUT2D eigenvalue weighted by molar-refractivity contribution is 7.80. The highest BCUT2D eigenvalue weighted by Gasteiger charge is 2.25. The molecule has 0 aromatic rings. The van der Waals surface area contributed by atoms with E-state index in [2.05, 4.69) is 16.0 Å². The van der Waals surface area contributed by atoms with Gasteiger partial charge in [0.05, 0.1) is 6.04 Å². The van der Waals surface area contributed by atoms with Crippen molar-refractivity contribution in [2.75, 3.05) is 6.54 Å². The van der Waals surface area contributed by atoms with Gasteiger partial charge < -0.3 is 16.0 Å². The van der Waals surface area contributed by atoms with E-state index in [1.165, 1.54) is 12.8 Å². The number of hydrogen-bond acceptors (Lipinski definition) is 2. The third-order valence-corrected chi connectivity index (χ3v) is 2.46. The Morgan fingerprint density at radius 3 is 2.62 bits per heavy atom. The van der Waals surface area contributed by atoms with Crippen LogP contribution in [0.15, 0.2) is 0 Å². The molecule has 1 saturated carbocycles. The fourth-order valence-electron chi connectivity index (χ4n) is 1.35. The van der Waals surface area contributed by atoms with E-state index in [0.717, 1.165) is 0 Å². The second-order valence-corrected chi connectivity index (χ2v) is 4.01. The van der Waals surface area contributed by atoms with Crippen LogP contribution in [0.25, 0.3) is 0 Å². The molecule has 72 valence electrons. The van der Waals surface area contributed by atoms with Crippen molar-refractivity contribution in [2.24, 2.45) is 0 Å². The van der Waals surface area contributed by atoms with Gasteiger partial charge in [0.15, 0.2) is 5.11 Å². The molecule has 1 saturated heterocycles. The minimum atomic E-state index is 0.103. The van der Waals surface area contributed by atoms with Crippen molar-refractivity contribution in [2.45, 2.75) is 31.3 Å². The molecule has 4 nitrogen and oxygen atoms in total. The second-order valence-electron chi connectivity index (χ2n) is 3.60. The van der Waals surface area contributed by atoms with Gasteiger partial charge in [0.25, 0.3) is 0 Å². The van der Waals surface area contributed by atoms with Gasteiger partial charge in [-0.3, -0.25) is 4.79 Å². The molecule has 0 radical (unpaired) electrons. The van der Waals surface area contributed by atoms with Crippen molar-refractivity contribution >= 4 is 23.2 Å². The fourth-order valence-corrected chi connectivity index (χ4v) is 1.68. The Morgan fingerprint density at radius 2 is 2.08 bits per heavy atom. The molecule has 13 heavy (non-hydrogen) atoms. The Hall–Kier alpha value is -0.840. The summed E-state index contributed by atoms with van der Waals surface area (Å²) in [7, 11) is 0. The van der Waals surface area contributed by atoms with Gasteiger partial charge in [-0.2, -0.15) is 0 Å². The van der Waals surface area contributed by atoms with Crippen molar-refractivity contribution in [1.82, 2.24) is 16.0 Å². The molecular formula is C8H13N3OS. The first-order valence-corrected chi connectivity index (χ1v) is 4.98. The van der Waals surface area contributed by atoms with Crippen LogP contribution in [0, 0.1) is 0 Å². The van der Waals surface area contributed by atoms with E-state index < -0.39 is 0 Å². The number of carbonyl (C=O) groups excluding carboxylic acids is 1. The highest BCUT2D eigenvalue weighted by Crippen LogP contribution is 2.18. The summed E-state index contributed by atoms with van der Waals surface area (Å²) in [5.74, 6) is 0.103. The number of carbonyl (C=O) groups is 1. The third kappa shape index (κ3) is 2.55. The predicted molar refractivity (Wildman–Crippen MR) is 53.3 cm³/mol. The molecule has 3 N–H and O–H groups in total. The monoisotopic (exact) mass is 199 g/mol. The Morgan fingerprint density at radius 1 is 1.38 bits per heavy atom. The van der Waals surface area contributed by atoms with Crippen LogP contribution < -0.4 is 16.0 Å². The predicted octanol–water partition coefficient (Wildman–Crippen LogP) is -0.499. The molecule has 0 aromatic heterocycles. The van der Waals surface area contributed by atoms with Gasteiger partial charge in [0.1, 0.15) is 0 Å². The molecule has 1 aliphatic heterocycles. The van der Waals surface area contributed by atoms with Crippen molar-refractivity contribution in [3.05, 3.63) is 0 Å². The number of thiocarbonyl (C=S) groups is 1. The molecule has 0 bridgehead atoms. The maximum absolute atomic E-state index is 10.9. The van der Waals surface area contributed by atoms with Gasteiger partial charge in [-0.1, -0.05) is 0 Å². The quantitative estimate of drug-likeness (QED) is 0.525. The maximum atomic E-state index is 10.9. The normalized spacial score (nSPS) is 26.8. The summed E-state index contributed by atoms with van der Waals surface area (Å²) >= 11 is 5.08. The van der Waals surface area contributed by atoms with Crippen LogP contribution in [0.3, 0.4) is 0 Å². The van der Waals surface area contributed by atoms with E-state index in [4.69, 9.17) is 12.2 Å². The molecular weight excluding hydrogens is 186 g/mol. The largest absolute Gasteiger partial charge is 0.360 e. The van der Waals surface area contributed by atoms with E-state index in [-0.39, 0.29) is 11.9 Å². The first kappa shape index (κ1) is 8.74. The first-order chi connectivity index (χ1) is 6.24. The van der Waals surface area contributed by atoms with Crippen LogP contribution in [-0.2, 0) is 4.79 Å². The van der Waals surface area contributed by atoms with Crippen LogP contribution in [-0.4, -0.2) is 29.6 Å². The van der Waals surface area contributed by atoms with Crippen LogP contribution in [0.4, 0.5) is 0 Å². The second kappa shape index (κ2) is 3.49. The topological polar surface area (TPSA) is 53.2 Å². The summed E-state index contributed by atoms with van der Waals surface area (Å²) < 4.78 is 0. The lowest BCUT2D eigenvalue weighted by atomic mass is 10.3. The zero-order valence-electron chi connectivity index (χ0n) is 7.30. The van der Waals surface area contributed by atoms with E-state index in [1.807, 2.05) is 0 Å².